The minimum atomic E-state index is -3.40. The van der Waals surface area contributed by atoms with Crippen LogP contribution in [0.1, 0.15) is 17.1 Å². The van der Waals surface area contributed by atoms with E-state index in [0.717, 1.165) is 21.7 Å². The molecule has 23 heavy (non-hydrogen) atoms. The minimum Gasteiger partial charge on any atom is -0.342 e. The summed E-state index contributed by atoms with van der Waals surface area (Å²) in [6.45, 7) is 2.26. The molecule has 0 radical (unpaired) electrons. The lowest BCUT2D eigenvalue weighted by atomic mass is 10.3. The fourth-order valence-corrected chi connectivity index (χ4v) is 4.82. The topological polar surface area (TPSA) is 74.8 Å². The molecule has 0 spiro atoms. The van der Waals surface area contributed by atoms with E-state index in [1.165, 1.54) is 11.3 Å². The number of halogens is 1. The first-order valence-corrected chi connectivity index (χ1v) is 9.82. The number of benzene rings is 1. The summed E-state index contributed by atoms with van der Waals surface area (Å²) in [6.07, 6.45) is 1.33. The molecule has 0 fully saturated rings. The highest BCUT2D eigenvalue weighted by molar-refractivity contribution is 7.91. The van der Waals surface area contributed by atoms with Gasteiger partial charge in [0.05, 0.1) is 11.0 Å². The van der Waals surface area contributed by atoms with Gasteiger partial charge in [0, 0.05) is 22.9 Å². The maximum absolute atomic E-state index is 12.1. The molecule has 1 aromatic carbocycles. The molecular formula is C15H16ClN3O2S2. The summed E-state index contributed by atoms with van der Waals surface area (Å²) in [6, 6.07) is 8.92. The molecule has 3 rings (SSSR count). The summed E-state index contributed by atoms with van der Waals surface area (Å²) in [5.41, 5.74) is 1.75. The first-order chi connectivity index (χ1) is 10.9. The SMILES string of the molecule is Cc1ccc(S(=O)(=O)NCCCc2nc3ccc(Cl)cc3[nH]2)s1. The van der Waals surface area contributed by atoms with Gasteiger partial charge in [0.15, 0.2) is 0 Å². The van der Waals surface area contributed by atoms with Crippen LogP contribution in [0, 0.1) is 6.92 Å². The number of nitrogens with zero attached hydrogens (tertiary/aromatic N) is 1. The predicted octanol–water partition coefficient (Wildman–Crippen LogP) is 3.50. The van der Waals surface area contributed by atoms with E-state index in [9.17, 15) is 8.42 Å². The molecule has 0 atom stereocenters. The van der Waals surface area contributed by atoms with E-state index in [1.54, 1.807) is 18.2 Å². The number of nitrogens with one attached hydrogen (secondary N) is 2. The van der Waals surface area contributed by atoms with Crippen molar-refractivity contribution in [3.05, 3.63) is 46.1 Å². The maximum Gasteiger partial charge on any atom is 0.250 e. The molecular weight excluding hydrogens is 354 g/mol. The highest BCUT2D eigenvalue weighted by atomic mass is 35.5. The third kappa shape index (κ3) is 3.92. The minimum absolute atomic E-state index is 0.355. The quantitative estimate of drug-likeness (QED) is 0.653. The van der Waals surface area contributed by atoms with Gasteiger partial charge >= 0.3 is 0 Å². The molecule has 0 saturated carbocycles. The summed E-state index contributed by atoms with van der Waals surface area (Å²) in [5, 5.41) is 0.659. The van der Waals surface area contributed by atoms with Gasteiger partial charge in [0.2, 0.25) is 10.0 Å². The molecule has 0 saturated heterocycles. The van der Waals surface area contributed by atoms with Crippen LogP contribution in [0.4, 0.5) is 0 Å². The van der Waals surface area contributed by atoms with Gasteiger partial charge in [0.1, 0.15) is 10.0 Å². The van der Waals surface area contributed by atoms with Gasteiger partial charge in [-0.2, -0.15) is 0 Å². The Hall–Kier alpha value is -1.41. The smallest absolute Gasteiger partial charge is 0.250 e. The molecule has 3 aromatic rings. The summed E-state index contributed by atoms with van der Waals surface area (Å²) in [7, 11) is -3.40. The number of aromatic amines is 1. The average molecular weight is 370 g/mol. The van der Waals surface area contributed by atoms with Crippen LogP contribution < -0.4 is 4.72 Å². The van der Waals surface area contributed by atoms with Crippen molar-refractivity contribution in [1.29, 1.82) is 0 Å². The van der Waals surface area contributed by atoms with Gasteiger partial charge < -0.3 is 4.98 Å². The molecule has 0 amide bonds. The zero-order valence-electron chi connectivity index (χ0n) is 12.5. The Morgan fingerprint density at radius 2 is 2.13 bits per heavy atom. The molecule has 2 N–H and O–H groups in total. The van der Waals surface area contributed by atoms with Crippen LogP contribution in [0.25, 0.3) is 11.0 Å². The van der Waals surface area contributed by atoms with Crippen molar-refractivity contribution >= 4 is 44.0 Å². The molecule has 2 aromatic heterocycles. The van der Waals surface area contributed by atoms with Crippen molar-refractivity contribution in [2.75, 3.05) is 6.54 Å². The predicted molar refractivity (Wildman–Crippen MR) is 93.7 cm³/mol. The number of aromatic nitrogens is 2. The van der Waals surface area contributed by atoms with Crippen LogP contribution in [-0.4, -0.2) is 24.9 Å². The fourth-order valence-electron chi connectivity index (χ4n) is 2.24. The van der Waals surface area contributed by atoms with Crippen LogP contribution in [0.3, 0.4) is 0 Å². The van der Waals surface area contributed by atoms with E-state index in [0.29, 0.717) is 28.6 Å². The highest BCUT2D eigenvalue weighted by Gasteiger charge is 2.15. The molecule has 0 bridgehead atoms. The Morgan fingerprint density at radius 3 is 2.87 bits per heavy atom. The van der Waals surface area contributed by atoms with E-state index in [-0.39, 0.29) is 0 Å². The third-order valence-corrected chi connectivity index (χ3v) is 6.54. The van der Waals surface area contributed by atoms with E-state index < -0.39 is 10.0 Å². The molecule has 5 nitrogen and oxygen atoms in total. The van der Waals surface area contributed by atoms with Crippen LogP contribution in [0.15, 0.2) is 34.5 Å². The normalized spacial score (nSPS) is 12.1. The van der Waals surface area contributed by atoms with Gasteiger partial charge in [-0.1, -0.05) is 11.6 Å². The molecule has 122 valence electrons. The second-order valence-electron chi connectivity index (χ2n) is 5.21. The highest BCUT2D eigenvalue weighted by Crippen LogP contribution is 2.20. The number of hydrogen-bond acceptors (Lipinski definition) is 4. The number of fused-ring (bicyclic) bond motifs is 1. The maximum atomic E-state index is 12.1. The number of hydrogen-bond donors (Lipinski definition) is 2. The Balaban J connectivity index is 1.56. The summed E-state index contributed by atoms with van der Waals surface area (Å²) in [5.74, 6) is 0.827. The molecule has 2 heterocycles. The zero-order valence-corrected chi connectivity index (χ0v) is 14.9. The average Bonchev–Trinajstić information content (AvgIpc) is 3.09. The van der Waals surface area contributed by atoms with Crippen molar-refractivity contribution in [1.82, 2.24) is 14.7 Å². The van der Waals surface area contributed by atoms with Gasteiger partial charge in [-0.05, 0) is 43.7 Å². The molecule has 0 aliphatic carbocycles. The standard InChI is InChI=1S/C15H16ClN3O2S2/c1-10-4-7-15(22-10)23(20,21)17-8-2-3-14-18-12-6-5-11(16)9-13(12)19-14/h4-7,9,17H,2-3,8H2,1H3,(H,18,19). The van der Waals surface area contributed by atoms with Gasteiger partial charge in [0.25, 0.3) is 0 Å². The lowest BCUT2D eigenvalue weighted by Crippen LogP contribution is -2.24. The summed E-state index contributed by atoms with van der Waals surface area (Å²) >= 11 is 7.21. The number of imidazole rings is 1. The van der Waals surface area contributed by atoms with E-state index in [1.807, 2.05) is 19.1 Å². The van der Waals surface area contributed by atoms with E-state index in [4.69, 9.17) is 11.6 Å². The van der Waals surface area contributed by atoms with Crippen molar-refractivity contribution in [2.45, 2.75) is 24.0 Å². The van der Waals surface area contributed by atoms with Crippen molar-refractivity contribution in [2.24, 2.45) is 0 Å². The Kier molecular flexibility index (Phi) is 4.72. The summed E-state index contributed by atoms with van der Waals surface area (Å²) < 4.78 is 27.2. The lowest BCUT2D eigenvalue weighted by molar-refractivity contribution is 0.580. The Labute approximate surface area is 143 Å². The van der Waals surface area contributed by atoms with Gasteiger partial charge in [-0.3, -0.25) is 0 Å². The number of thiophene rings is 1. The lowest BCUT2D eigenvalue weighted by Gasteiger charge is -2.03. The van der Waals surface area contributed by atoms with E-state index in [2.05, 4.69) is 14.7 Å². The van der Waals surface area contributed by atoms with E-state index >= 15 is 0 Å². The first-order valence-electron chi connectivity index (χ1n) is 7.14. The number of rotatable bonds is 6. The Morgan fingerprint density at radius 1 is 1.30 bits per heavy atom. The number of H-pyrrole nitrogens is 1. The van der Waals surface area contributed by atoms with Crippen LogP contribution in [0.2, 0.25) is 5.02 Å². The van der Waals surface area contributed by atoms with Crippen molar-refractivity contribution in [3.63, 3.8) is 0 Å². The molecule has 0 aliphatic rings. The third-order valence-electron chi connectivity index (χ3n) is 3.36. The van der Waals surface area contributed by atoms with Gasteiger partial charge in [-0.25, -0.2) is 18.1 Å². The fraction of sp³-hybridized carbons (Fsp3) is 0.267. The molecule has 0 aliphatic heterocycles. The first kappa shape index (κ1) is 16.4. The van der Waals surface area contributed by atoms with Gasteiger partial charge in [-0.15, -0.1) is 11.3 Å². The Bertz CT molecular complexity index is 931. The number of sulfonamides is 1. The summed E-state index contributed by atoms with van der Waals surface area (Å²) in [4.78, 5) is 8.64. The zero-order chi connectivity index (χ0) is 16.4. The second kappa shape index (κ2) is 6.60. The molecule has 8 heteroatoms. The van der Waals surface area contributed by atoms with Crippen molar-refractivity contribution in [3.8, 4) is 0 Å². The number of aryl methyl sites for hydroxylation is 2. The largest absolute Gasteiger partial charge is 0.342 e. The second-order valence-corrected chi connectivity index (χ2v) is 8.93. The van der Waals surface area contributed by atoms with Crippen LogP contribution in [0.5, 0.6) is 0 Å². The monoisotopic (exact) mass is 369 g/mol. The van der Waals surface area contributed by atoms with Crippen molar-refractivity contribution < 1.29 is 8.42 Å². The van der Waals surface area contributed by atoms with Crippen LogP contribution >= 0.6 is 22.9 Å². The van der Waals surface area contributed by atoms with Crippen LogP contribution in [-0.2, 0) is 16.4 Å². The molecule has 0 unspecified atom stereocenters.